The van der Waals surface area contributed by atoms with Crippen molar-refractivity contribution in [2.24, 2.45) is 0 Å². The fourth-order valence-corrected chi connectivity index (χ4v) is 1.02. The van der Waals surface area contributed by atoms with Gasteiger partial charge in [0.2, 0.25) is 5.78 Å². The number of hydrogen-bond acceptors (Lipinski definition) is 1. The molecule has 0 aliphatic rings. The Labute approximate surface area is 87.0 Å². The van der Waals surface area contributed by atoms with Gasteiger partial charge in [-0.1, -0.05) is 21.9 Å². The first-order chi connectivity index (χ1) is 5.81. The highest BCUT2D eigenvalue weighted by atomic mass is 79.9. The summed E-state index contributed by atoms with van der Waals surface area (Å²) < 4.78 is 0. The third kappa shape index (κ3) is 8.10. The van der Waals surface area contributed by atoms with E-state index in [1.807, 2.05) is 0 Å². The molecule has 0 unspecified atom stereocenters. The first kappa shape index (κ1) is 12.0. The van der Waals surface area contributed by atoms with Crippen molar-refractivity contribution in [3.05, 3.63) is 0 Å². The summed E-state index contributed by atoms with van der Waals surface area (Å²) in [6.07, 6.45) is 3.01. The second-order valence-electron chi connectivity index (χ2n) is 2.31. The van der Waals surface area contributed by atoms with Gasteiger partial charge in [-0.05, 0) is 18.8 Å². The van der Waals surface area contributed by atoms with Crippen LogP contribution in [0.15, 0.2) is 0 Å². The number of carbonyl (C=O) groups excluding carboxylic acids is 1. The summed E-state index contributed by atoms with van der Waals surface area (Å²) in [6.45, 7) is 0. The summed E-state index contributed by atoms with van der Waals surface area (Å²) in [5, 5.41) is 0.942. The molecule has 12 heavy (non-hydrogen) atoms. The second kappa shape index (κ2) is 9.09. The van der Waals surface area contributed by atoms with Crippen LogP contribution in [0.2, 0.25) is 0 Å². The van der Waals surface area contributed by atoms with E-state index in [4.69, 9.17) is 11.6 Å². The molecular weight excluding hydrogens is 239 g/mol. The molecule has 0 fully saturated rings. The zero-order valence-corrected chi connectivity index (χ0v) is 9.25. The molecule has 0 atom stereocenters. The Morgan fingerprint density at radius 1 is 1.42 bits per heavy atom. The molecule has 0 aromatic heterocycles. The van der Waals surface area contributed by atoms with Gasteiger partial charge < -0.3 is 0 Å². The molecule has 0 spiro atoms. The van der Waals surface area contributed by atoms with Crippen molar-refractivity contribution >= 4 is 33.3 Å². The average molecular weight is 252 g/mol. The Balaban J connectivity index is 3.43. The molecule has 0 saturated heterocycles. The molecule has 0 rings (SSSR count). The van der Waals surface area contributed by atoms with Gasteiger partial charge in [-0.2, -0.15) is 0 Å². The lowest BCUT2D eigenvalue weighted by molar-refractivity contribution is -0.113. The van der Waals surface area contributed by atoms with Crippen LogP contribution in [0.4, 0.5) is 0 Å². The van der Waals surface area contributed by atoms with Crippen LogP contribution in [-0.4, -0.2) is 17.0 Å². The second-order valence-corrected chi connectivity index (χ2v) is 3.48. The van der Waals surface area contributed by atoms with E-state index in [1.165, 1.54) is 0 Å². The van der Waals surface area contributed by atoms with E-state index >= 15 is 0 Å². The van der Waals surface area contributed by atoms with Crippen molar-refractivity contribution in [2.75, 3.05) is 11.2 Å². The molecule has 0 aliphatic heterocycles. The van der Waals surface area contributed by atoms with Crippen LogP contribution in [0.1, 0.15) is 25.7 Å². The number of rotatable bonds is 5. The lowest BCUT2D eigenvalue weighted by Crippen LogP contribution is -1.93. The SMILES string of the molecule is O=C(C#CCCCBr)CCCCl. The van der Waals surface area contributed by atoms with E-state index in [1.54, 1.807) is 0 Å². The molecule has 3 heteroatoms. The molecule has 0 N–H and O–H groups in total. The van der Waals surface area contributed by atoms with Crippen molar-refractivity contribution in [3.63, 3.8) is 0 Å². The van der Waals surface area contributed by atoms with Crippen LogP contribution in [0.3, 0.4) is 0 Å². The number of unbranched alkanes of at least 4 members (excludes halogenated alkanes) is 1. The van der Waals surface area contributed by atoms with Gasteiger partial charge in [-0.3, -0.25) is 4.79 Å². The van der Waals surface area contributed by atoms with Gasteiger partial charge in [0.25, 0.3) is 0 Å². The molecule has 68 valence electrons. The Bertz CT molecular complexity index is 181. The first-order valence-corrected chi connectivity index (χ1v) is 5.60. The third-order valence-electron chi connectivity index (χ3n) is 1.20. The number of carbonyl (C=O) groups is 1. The summed E-state index contributed by atoms with van der Waals surface area (Å²) in [7, 11) is 0. The fourth-order valence-electron chi connectivity index (χ4n) is 0.606. The van der Waals surface area contributed by atoms with Gasteiger partial charge >= 0.3 is 0 Å². The maximum atomic E-state index is 10.9. The normalized spacial score (nSPS) is 8.83. The smallest absolute Gasteiger partial charge is 0.205 e. The van der Waals surface area contributed by atoms with Crippen molar-refractivity contribution in [3.8, 4) is 11.8 Å². The summed E-state index contributed by atoms with van der Waals surface area (Å²) in [6, 6.07) is 0. The largest absolute Gasteiger partial charge is 0.285 e. The predicted octanol–water partition coefficient (Wildman–Crippen LogP) is 2.75. The van der Waals surface area contributed by atoms with Crippen molar-refractivity contribution in [2.45, 2.75) is 25.7 Å². The average Bonchev–Trinajstić information content (AvgIpc) is 2.09. The van der Waals surface area contributed by atoms with Crippen LogP contribution in [0.5, 0.6) is 0 Å². The monoisotopic (exact) mass is 250 g/mol. The summed E-state index contributed by atoms with van der Waals surface area (Å²) in [4.78, 5) is 10.9. The number of Topliss-reactive ketones (excluding diaryl/α,β-unsaturated/α-hetero) is 1. The zero-order valence-electron chi connectivity index (χ0n) is 6.91. The molecule has 0 saturated carbocycles. The Morgan fingerprint density at radius 3 is 2.75 bits per heavy atom. The topological polar surface area (TPSA) is 17.1 Å². The summed E-state index contributed by atoms with van der Waals surface area (Å²) in [5.74, 6) is 5.95. The quantitative estimate of drug-likeness (QED) is 0.318. The van der Waals surface area contributed by atoms with Gasteiger partial charge in [0.1, 0.15) is 0 Å². The van der Waals surface area contributed by atoms with Crippen molar-refractivity contribution in [1.29, 1.82) is 0 Å². The third-order valence-corrected chi connectivity index (χ3v) is 2.03. The number of halogens is 2. The zero-order chi connectivity index (χ0) is 9.23. The first-order valence-electron chi connectivity index (χ1n) is 3.95. The fraction of sp³-hybridized carbons (Fsp3) is 0.667. The van der Waals surface area contributed by atoms with Crippen molar-refractivity contribution < 1.29 is 4.79 Å². The minimum atomic E-state index is 0.00484. The van der Waals surface area contributed by atoms with Crippen LogP contribution in [0, 0.1) is 11.8 Å². The summed E-state index contributed by atoms with van der Waals surface area (Å²) >= 11 is 8.71. The number of hydrogen-bond donors (Lipinski definition) is 0. The van der Waals surface area contributed by atoms with E-state index in [0.717, 1.165) is 24.6 Å². The molecule has 0 aromatic carbocycles. The van der Waals surface area contributed by atoms with Gasteiger partial charge in [0, 0.05) is 24.1 Å². The van der Waals surface area contributed by atoms with Gasteiger partial charge in [-0.15, -0.1) is 11.6 Å². The molecule has 0 bridgehead atoms. The maximum absolute atomic E-state index is 10.9. The standard InChI is InChI=1S/C9H12BrClO/c10-7-3-1-2-5-9(12)6-4-8-11/h1,3-4,6-8H2. The minimum Gasteiger partial charge on any atom is -0.285 e. The molecule has 1 nitrogen and oxygen atoms in total. The van der Waals surface area contributed by atoms with Crippen LogP contribution in [0.25, 0.3) is 0 Å². The lowest BCUT2D eigenvalue weighted by Gasteiger charge is -1.87. The van der Waals surface area contributed by atoms with Gasteiger partial charge in [0.05, 0.1) is 0 Å². The van der Waals surface area contributed by atoms with Crippen LogP contribution >= 0.6 is 27.5 Å². The maximum Gasteiger partial charge on any atom is 0.205 e. The number of ketones is 1. The molecule has 0 amide bonds. The molecule has 0 heterocycles. The van der Waals surface area contributed by atoms with Gasteiger partial charge in [0.15, 0.2) is 0 Å². The van der Waals surface area contributed by atoms with E-state index < -0.39 is 0 Å². The van der Waals surface area contributed by atoms with E-state index in [9.17, 15) is 4.79 Å². The summed E-state index contributed by atoms with van der Waals surface area (Å²) in [5.41, 5.74) is 0. The highest BCUT2D eigenvalue weighted by Crippen LogP contribution is 1.94. The molecule has 0 radical (unpaired) electrons. The van der Waals surface area contributed by atoms with E-state index in [2.05, 4.69) is 27.8 Å². The Kier molecular flexibility index (Phi) is 9.09. The lowest BCUT2D eigenvalue weighted by atomic mass is 10.2. The molecule has 0 aromatic rings. The van der Waals surface area contributed by atoms with E-state index in [0.29, 0.717) is 12.3 Å². The molecule has 0 aliphatic carbocycles. The molecular formula is C9H12BrClO. The predicted molar refractivity (Wildman–Crippen MR) is 55.8 cm³/mol. The minimum absolute atomic E-state index is 0.00484. The Hall–Kier alpha value is -0.0000000000000000555. The highest BCUT2D eigenvalue weighted by molar-refractivity contribution is 9.09. The highest BCUT2D eigenvalue weighted by Gasteiger charge is 1.93. The Morgan fingerprint density at radius 2 is 2.17 bits per heavy atom. The van der Waals surface area contributed by atoms with Crippen molar-refractivity contribution in [1.82, 2.24) is 0 Å². The van der Waals surface area contributed by atoms with E-state index in [-0.39, 0.29) is 5.78 Å². The number of alkyl halides is 2. The van der Waals surface area contributed by atoms with Crippen LogP contribution in [-0.2, 0) is 4.79 Å². The van der Waals surface area contributed by atoms with Crippen LogP contribution < -0.4 is 0 Å². The van der Waals surface area contributed by atoms with Gasteiger partial charge in [-0.25, -0.2) is 0 Å².